The summed E-state index contributed by atoms with van der Waals surface area (Å²) >= 11 is 0. The number of aryl methyl sites for hydroxylation is 2. The average molecular weight is 636 g/mol. The number of anilines is 3. The van der Waals surface area contributed by atoms with Crippen LogP contribution in [0.1, 0.15) is 11.1 Å². The fraction of sp³-hybridized carbons (Fsp3) is 0.0435. The number of hydrogen-bond acceptors (Lipinski definition) is 1. The number of para-hydroxylation sites is 5. The molecule has 0 spiro atoms. The van der Waals surface area contributed by atoms with Gasteiger partial charge in [0.05, 0.1) is 0 Å². The van der Waals surface area contributed by atoms with Crippen LogP contribution in [0.15, 0.2) is 188 Å². The molecule has 0 heterocycles. The van der Waals surface area contributed by atoms with Gasteiger partial charge in [0.1, 0.15) is 45.5 Å². The lowest BCUT2D eigenvalue weighted by Gasteiger charge is -2.45. The van der Waals surface area contributed by atoms with Crippen molar-refractivity contribution >= 4 is 51.2 Å². The van der Waals surface area contributed by atoms with Gasteiger partial charge >= 0.3 is 0 Å². The zero-order valence-electron chi connectivity index (χ0n) is 28.2. The summed E-state index contributed by atoms with van der Waals surface area (Å²) < 4.78 is 0.451. The van der Waals surface area contributed by atoms with Crippen LogP contribution in [-0.4, -0.2) is 0 Å². The Morgan fingerprint density at radius 2 is 0.653 bits per heavy atom. The summed E-state index contributed by atoms with van der Waals surface area (Å²) in [7, 11) is 10.0. The Morgan fingerprint density at radius 1 is 0.367 bits per heavy atom. The summed E-state index contributed by atoms with van der Waals surface area (Å²) in [4.78, 5) is 2.40. The minimum absolute atomic E-state index is 0.226. The number of benzene rings is 7. The molecule has 0 aliphatic carbocycles. The fourth-order valence-electron chi connectivity index (χ4n) is 6.84. The molecule has 0 radical (unpaired) electrons. The van der Waals surface area contributed by atoms with Gasteiger partial charge < -0.3 is 8.97 Å². The Kier molecular flexibility index (Phi) is 8.71. The number of nitrogens with zero attached hydrogens (tertiary/aromatic N) is 3. The summed E-state index contributed by atoms with van der Waals surface area (Å²) in [5, 5.41) is 0. The minimum Gasteiger partial charge on any atom is -0.357 e. The Bertz CT molecular complexity index is 1930. The van der Waals surface area contributed by atoms with E-state index in [0.717, 1.165) is 62.3 Å². The molecule has 3 nitrogen and oxygen atoms in total. The van der Waals surface area contributed by atoms with E-state index in [2.05, 4.69) is 207 Å². The summed E-state index contributed by atoms with van der Waals surface area (Å²) in [6.45, 7) is 4.32. The molecular formula is C46H41N3. The van der Waals surface area contributed by atoms with Gasteiger partial charge in [-0.15, -0.1) is 14.1 Å². The van der Waals surface area contributed by atoms with Crippen LogP contribution in [0.25, 0.3) is 0 Å². The third-order valence-electron chi connectivity index (χ3n) is 9.37. The van der Waals surface area contributed by atoms with Gasteiger partial charge in [0.2, 0.25) is 0 Å². The molecule has 7 aromatic rings. The van der Waals surface area contributed by atoms with Crippen molar-refractivity contribution in [3.05, 3.63) is 213 Å². The smallest absolute Gasteiger partial charge is 0.140 e. The van der Waals surface area contributed by atoms with Crippen LogP contribution in [0.3, 0.4) is 0 Å². The molecule has 7 rings (SSSR count). The monoisotopic (exact) mass is 635 g/mol. The van der Waals surface area contributed by atoms with Crippen molar-refractivity contribution in [1.29, 1.82) is 0 Å². The Hall–Kier alpha value is -5.74. The minimum atomic E-state index is 0.226. The molecule has 0 aliphatic heterocycles. The molecule has 49 heavy (non-hydrogen) atoms. The molecule has 0 fully saturated rings. The fourth-order valence-corrected chi connectivity index (χ4v) is 6.84. The topological polar surface area (TPSA) is 3.24 Å². The number of quaternary nitrogens is 2. The molecule has 0 bridgehead atoms. The summed E-state index contributed by atoms with van der Waals surface area (Å²) in [5.74, 6) is 0. The van der Waals surface area contributed by atoms with Crippen LogP contribution in [0.4, 0.5) is 51.2 Å². The van der Waals surface area contributed by atoms with Crippen LogP contribution in [0, 0.1) is 27.9 Å². The van der Waals surface area contributed by atoms with Gasteiger partial charge in [-0.3, -0.25) is 4.90 Å². The second-order valence-corrected chi connectivity index (χ2v) is 12.6. The molecule has 0 N–H and O–H groups in total. The van der Waals surface area contributed by atoms with E-state index in [1.807, 2.05) is 0 Å². The summed E-state index contributed by atoms with van der Waals surface area (Å²) in [5.41, 5.74) is 11.8. The molecule has 0 aromatic heterocycles. The predicted octanol–water partition coefficient (Wildman–Crippen LogP) is 13.3. The van der Waals surface area contributed by atoms with E-state index < -0.39 is 0 Å². The second-order valence-electron chi connectivity index (χ2n) is 12.6. The summed E-state index contributed by atoms with van der Waals surface area (Å²) in [6.07, 6.45) is 0. The average Bonchev–Trinajstić information content (AvgIpc) is 3.16. The van der Waals surface area contributed by atoms with Crippen LogP contribution in [0.5, 0.6) is 0 Å². The lowest BCUT2D eigenvalue weighted by Crippen LogP contribution is -2.34. The van der Waals surface area contributed by atoms with Crippen molar-refractivity contribution in [2.75, 3.05) is 4.90 Å². The zero-order valence-corrected chi connectivity index (χ0v) is 28.2. The van der Waals surface area contributed by atoms with Crippen LogP contribution >= 0.6 is 0 Å². The van der Waals surface area contributed by atoms with Crippen LogP contribution in [-0.2, 0) is 0 Å². The van der Waals surface area contributed by atoms with E-state index in [1.54, 1.807) is 0 Å². The lowest BCUT2D eigenvalue weighted by atomic mass is 10.0. The molecule has 7 aromatic carbocycles. The first-order valence-corrected chi connectivity index (χ1v) is 16.7. The van der Waals surface area contributed by atoms with Gasteiger partial charge in [0.25, 0.3) is 0 Å². The van der Waals surface area contributed by atoms with Crippen LogP contribution in [0.2, 0.25) is 0 Å². The maximum atomic E-state index is 5.02. The normalized spacial score (nSPS) is 11.7. The standard InChI is InChI=1S/C46H41N3/c1-36-30-32-45(48(3,39-22-12-6-13-23-39)40-24-14-7-15-25-40)43(34-36)47(38-20-10-5-11-21-38)44-35-37(2)31-33-46(44)49(4,41-26-16-8-17-27-41)42-28-18-9-19-29-42/h5-35H,3-4H2,1-2H3. The molecule has 0 saturated carbocycles. The Labute approximate surface area is 291 Å². The molecule has 0 unspecified atom stereocenters. The van der Waals surface area contributed by atoms with E-state index in [1.165, 1.54) is 0 Å². The lowest BCUT2D eigenvalue weighted by molar-refractivity contribution is 0.677. The van der Waals surface area contributed by atoms with Crippen molar-refractivity contribution in [3.8, 4) is 0 Å². The first kappa shape index (κ1) is 31.8. The van der Waals surface area contributed by atoms with Gasteiger partial charge in [0, 0.05) is 17.8 Å². The van der Waals surface area contributed by atoms with Crippen molar-refractivity contribution in [3.63, 3.8) is 0 Å². The van der Waals surface area contributed by atoms with Gasteiger partial charge in [-0.05, 0) is 97.8 Å². The Balaban J connectivity index is 1.58. The molecule has 0 amide bonds. The van der Waals surface area contributed by atoms with Gasteiger partial charge in [0.15, 0.2) is 0 Å². The Morgan fingerprint density at radius 3 is 0.959 bits per heavy atom. The van der Waals surface area contributed by atoms with Crippen molar-refractivity contribution in [2.45, 2.75) is 13.8 Å². The highest BCUT2D eigenvalue weighted by molar-refractivity contribution is 5.94. The predicted molar refractivity (Wildman–Crippen MR) is 209 cm³/mol. The largest absolute Gasteiger partial charge is 0.357 e. The highest BCUT2D eigenvalue weighted by atomic mass is 15.4. The van der Waals surface area contributed by atoms with Crippen LogP contribution < -0.4 is 13.9 Å². The van der Waals surface area contributed by atoms with E-state index in [0.29, 0.717) is 0 Å². The maximum absolute atomic E-state index is 5.02. The first-order valence-electron chi connectivity index (χ1n) is 16.7. The van der Waals surface area contributed by atoms with Gasteiger partial charge in [-0.2, -0.15) is 0 Å². The zero-order chi connectivity index (χ0) is 33.8. The third kappa shape index (κ3) is 5.84. The third-order valence-corrected chi connectivity index (χ3v) is 9.37. The number of rotatable bonds is 9. The summed E-state index contributed by atoms with van der Waals surface area (Å²) in [6, 6.07) is 66.4. The first-order chi connectivity index (χ1) is 23.9. The molecule has 240 valence electrons. The molecule has 0 aliphatic rings. The van der Waals surface area contributed by atoms with Gasteiger partial charge in [-0.25, -0.2) is 0 Å². The van der Waals surface area contributed by atoms with E-state index in [-0.39, 0.29) is 8.97 Å². The molecular weight excluding hydrogens is 595 g/mol. The molecule has 3 heteroatoms. The van der Waals surface area contributed by atoms with E-state index >= 15 is 0 Å². The van der Waals surface area contributed by atoms with Crippen molar-refractivity contribution in [2.24, 2.45) is 0 Å². The molecule has 0 saturated heterocycles. The maximum Gasteiger partial charge on any atom is 0.140 e. The van der Waals surface area contributed by atoms with E-state index in [9.17, 15) is 0 Å². The van der Waals surface area contributed by atoms with Crippen molar-refractivity contribution < 1.29 is 0 Å². The second kappa shape index (κ2) is 13.4. The van der Waals surface area contributed by atoms with Crippen molar-refractivity contribution in [1.82, 2.24) is 8.97 Å². The highest BCUT2D eigenvalue weighted by Gasteiger charge is 2.35. The quantitative estimate of drug-likeness (QED) is 0.113. The van der Waals surface area contributed by atoms with Gasteiger partial charge in [-0.1, -0.05) is 103 Å². The highest BCUT2D eigenvalue weighted by Crippen LogP contribution is 2.55. The molecule has 0 atom stereocenters. The number of hydrogen-bond donors (Lipinski definition) is 0. The van der Waals surface area contributed by atoms with E-state index in [4.69, 9.17) is 14.1 Å². The SMILES string of the molecule is [CH2-][N+](c1ccccc1)(c1ccccc1)c1ccc(C)cc1N(c1ccccc1)c1cc(C)ccc1[N+]([CH2-])(c1ccccc1)c1ccccc1.